The Bertz CT molecular complexity index is 616. The Morgan fingerprint density at radius 1 is 1.24 bits per heavy atom. The third-order valence-electron chi connectivity index (χ3n) is 2.54. The maximum Gasteiger partial charge on any atom is 0.193 e. The Morgan fingerprint density at radius 3 is 2.71 bits per heavy atom. The van der Waals surface area contributed by atoms with Crippen LogP contribution in [-0.2, 0) is 0 Å². The molecule has 4 N–H and O–H groups in total. The van der Waals surface area contributed by atoms with Crippen LogP contribution in [0.1, 0.15) is 0 Å². The molecule has 2 rings (SSSR count). The number of benzene rings is 1. The SMILES string of the molecule is NC(=NCCNc1ncc(Cl)cc1Cl)Nc1ccccc1. The van der Waals surface area contributed by atoms with Crippen LogP contribution in [0.2, 0.25) is 10.0 Å². The highest BCUT2D eigenvalue weighted by Crippen LogP contribution is 2.22. The van der Waals surface area contributed by atoms with E-state index in [1.807, 2.05) is 30.3 Å². The van der Waals surface area contributed by atoms with Crippen LogP contribution in [0.15, 0.2) is 47.6 Å². The number of rotatable bonds is 5. The highest BCUT2D eigenvalue weighted by atomic mass is 35.5. The molecule has 110 valence electrons. The van der Waals surface area contributed by atoms with Gasteiger partial charge in [0.25, 0.3) is 0 Å². The van der Waals surface area contributed by atoms with Crippen molar-refractivity contribution in [2.45, 2.75) is 0 Å². The van der Waals surface area contributed by atoms with Crippen molar-refractivity contribution in [1.29, 1.82) is 0 Å². The standard InChI is InChI=1S/C14H15Cl2N5/c15-10-8-12(16)13(20-9-10)18-6-7-19-14(17)21-11-4-2-1-3-5-11/h1-5,8-9H,6-7H2,(H,18,20)(H3,17,19,21). The number of nitrogens with one attached hydrogen (secondary N) is 2. The molecule has 7 heteroatoms. The smallest absolute Gasteiger partial charge is 0.193 e. The molecule has 0 amide bonds. The monoisotopic (exact) mass is 323 g/mol. The van der Waals surface area contributed by atoms with E-state index in [1.165, 1.54) is 6.20 Å². The average molecular weight is 324 g/mol. The number of nitrogens with zero attached hydrogens (tertiary/aromatic N) is 2. The molecule has 0 atom stereocenters. The van der Waals surface area contributed by atoms with Gasteiger partial charge in [-0.3, -0.25) is 4.99 Å². The van der Waals surface area contributed by atoms with E-state index < -0.39 is 0 Å². The summed E-state index contributed by atoms with van der Waals surface area (Å²) in [5.41, 5.74) is 6.68. The van der Waals surface area contributed by atoms with Gasteiger partial charge < -0.3 is 16.4 Å². The van der Waals surface area contributed by atoms with Gasteiger partial charge in [0.1, 0.15) is 5.82 Å². The average Bonchev–Trinajstić information content (AvgIpc) is 2.46. The lowest BCUT2D eigenvalue weighted by Gasteiger charge is -2.07. The summed E-state index contributed by atoms with van der Waals surface area (Å²) in [5, 5.41) is 7.04. The Labute approximate surface area is 133 Å². The van der Waals surface area contributed by atoms with Gasteiger partial charge in [0.15, 0.2) is 5.96 Å². The van der Waals surface area contributed by atoms with Crippen LogP contribution in [0.3, 0.4) is 0 Å². The summed E-state index contributed by atoms with van der Waals surface area (Å²) < 4.78 is 0. The molecule has 0 aliphatic carbocycles. The summed E-state index contributed by atoms with van der Waals surface area (Å²) in [5.74, 6) is 0.934. The lowest BCUT2D eigenvalue weighted by Crippen LogP contribution is -2.23. The Hall–Kier alpha value is -1.98. The van der Waals surface area contributed by atoms with E-state index in [9.17, 15) is 0 Å². The summed E-state index contributed by atoms with van der Waals surface area (Å²) in [6.45, 7) is 1.05. The van der Waals surface area contributed by atoms with Crippen molar-refractivity contribution in [3.8, 4) is 0 Å². The first-order valence-corrected chi connectivity index (χ1v) is 7.07. The number of pyridine rings is 1. The molecule has 0 bridgehead atoms. The first-order chi connectivity index (χ1) is 10.1. The minimum atomic E-state index is 0.359. The number of halogens is 2. The van der Waals surface area contributed by atoms with Gasteiger partial charge in [0, 0.05) is 18.4 Å². The van der Waals surface area contributed by atoms with E-state index in [0.717, 1.165) is 5.69 Å². The predicted octanol–water partition coefficient (Wildman–Crippen LogP) is 3.23. The Morgan fingerprint density at radius 2 is 2.00 bits per heavy atom. The molecule has 0 saturated carbocycles. The Kier molecular flexibility index (Phi) is 5.66. The van der Waals surface area contributed by atoms with Gasteiger partial charge >= 0.3 is 0 Å². The van der Waals surface area contributed by atoms with Crippen molar-refractivity contribution in [3.63, 3.8) is 0 Å². The molecule has 0 spiro atoms. The number of para-hydroxylation sites is 1. The minimum Gasteiger partial charge on any atom is -0.370 e. The van der Waals surface area contributed by atoms with E-state index in [4.69, 9.17) is 28.9 Å². The van der Waals surface area contributed by atoms with Crippen molar-refractivity contribution in [3.05, 3.63) is 52.6 Å². The number of hydrogen-bond acceptors (Lipinski definition) is 3. The van der Waals surface area contributed by atoms with Crippen LogP contribution in [0.5, 0.6) is 0 Å². The number of anilines is 2. The molecule has 1 aromatic carbocycles. The fraction of sp³-hybridized carbons (Fsp3) is 0.143. The van der Waals surface area contributed by atoms with Gasteiger partial charge in [0.2, 0.25) is 0 Å². The van der Waals surface area contributed by atoms with E-state index >= 15 is 0 Å². The number of hydrogen-bond donors (Lipinski definition) is 3. The second kappa shape index (κ2) is 7.71. The summed E-state index contributed by atoms with van der Waals surface area (Å²) >= 11 is 11.8. The topological polar surface area (TPSA) is 75.3 Å². The third-order valence-corrected chi connectivity index (χ3v) is 3.04. The maximum absolute atomic E-state index is 6.00. The molecule has 2 aromatic rings. The van der Waals surface area contributed by atoms with Crippen LogP contribution in [0.25, 0.3) is 0 Å². The van der Waals surface area contributed by atoms with Gasteiger partial charge in [-0.15, -0.1) is 0 Å². The van der Waals surface area contributed by atoms with Crippen LogP contribution >= 0.6 is 23.2 Å². The molecule has 0 saturated heterocycles. The molecular formula is C14H15Cl2N5. The molecule has 5 nitrogen and oxygen atoms in total. The maximum atomic E-state index is 6.00. The van der Waals surface area contributed by atoms with Crippen molar-refractivity contribution in [1.82, 2.24) is 4.98 Å². The summed E-state index contributed by atoms with van der Waals surface area (Å²) in [6.07, 6.45) is 1.53. The second-order valence-electron chi connectivity index (χ2n) is 4.17. The van der Waals surface area contributed by atoms with Gasteiger partial charge in [-0.25, -0.2) is 4.98 Å². The first kappa shape index (κ1) is 15.4. The van der Waals surface area contributed by atoms with Gasteiger partial charge in [-0.1, -0.05) is 41.4 Å². The summed E-state index contributed by atoms with van der Waals surface area (Å²) in [6, 6.07) is 11.2. The van der Waals surface area contributed by atoms with Crippen molar-refractivity contribution < 1.29 is 0 Å². The molecule has 1 heterocycles. The van der Waals surface area contributed by atoms with Crippen LogP contribution in [0, 0.1) is 0 Å². The number of aliphatic imine (C=N–C) groups is 1. The molecule has 21 heavy (non-hydrogen) atoms. The first-order valence-electron chi connectivity index (χ1n) is 6.32. The predicted molar refractivity (Wildman–Crippen MR) is 89.3 cm³/mol. The van der Waals surface area contributed by atoms with Crippen molar-refractivity contribution in [2.75, 3.05) is 23.7 Å². The molecule has 0 radical (unpaired) electrons. The van der Waals surface area contributed by atoms with Crippen LogP contribution in [0.4, 0.5) is 11.5 Å². The number of aromatic nitrogens is 1. The zero-order valence-corrected chi connectivity index (χ0v) is 12.7. The van der Waals surface area contributed by atoms with E-state index in [0.29, 0.717) is 34.9 Å². The highest BCUT2D eigenvalue weighted by molar-refractivity contribution is 6.35. The van der Waals surface area contributed by atoms with E-state index in [1.54, 1.807) is 6.07 Å². The van der Waals surface area contributed by atoms with Crippen LogP contribution < -0.4 is 16.4 Å². The second-order valence-corrected chi connectivity index (χ2v) is 5.01. The van der Waals surface area contributed by atoms with Crippen molar-refractivity contribution >= 4 is 40.7 Å². The summed E-state index contributed by atoms with van der Waals surface area (Å²) in [7, 11) is 0. The van der Waals surface area contributed by atoms with Crippen LogP contribution in [-0.4, -0.2) is 24.0 Å². The van der Waals surface area contributed by atoms with Gasteiger partial charge in [0.05, 0.1) is 16.6 Å². The molecule has 0 aliphatic heterocycles. The van der Waals surface area contributed by atoms with Gasteiger partial charge in [-0.2, -0.15) is 0 Å². The largest absolute Gasteiger partial charge is 0.370 e. The minimum absolute atomic E-state index is 0.359. The third kappa shape index (κ3) is 5.13. The lowest BCUT2D eigenvalue weighted by atomic mass is 10.3. The van der Waals surface area contributed by atoms with E-state index in [-0.39, 0.29) is 0 Å². The summed E-state index contributed by atoms with van der Waals surface area (Å²) in [4.78, 5) is 8.30. The zero-order valence-electron chi connectivity index (χ0n) is 11.2. The quantitative estimate of drug-likeness (QED) is 0.448. The number of nitrogens with two attached hydrogens (primary N) is 1. The molecule has 0 aliphatic rings. The molecule has 1 aromatic heterocycles. The molecule has 0 unspecified atom stereocenters. The normalized spacial score (nSPS) is 11.2. The van der Waals surface area contributed by atoms with Gasteiger partial charge in [-0.05, 0) is 18.2 Å². The van der Waals surface area contributed by atoms with Crippen molar-refractivity contribution in [2.24, 2.45) is 10.7 Å². The zero-order chi connectivity index (χ0) is 15.1. The number of guanidine groups is 1. The highest BCUT2D eigenvalue weighted by Gasteiger charge is 2.01. The lowest BCUT2D eigenvalue weighted by molar-refractivity contribution is 1.01. The molecular weight excluding hydrogens is 309 g/mol. The Balaban J connectivity index is 1.79. The molecule has 0 fully saturated rings. The van der Waals surface area contributed by atoms with E-state index in [2.05, 4.69) is 20.6 Å². The fourth-order valence-corrected chi connectivity index (χ4v) is 2.05. The fourth-order valence-electron chi connectivity index (χ4n) is 1.60.